The van der Waals surface area contributed by atoms with Crippen molar-refractivity contribution in [1.82, 2.24) is 4.98 Å². The van der Waals surface area contributed by atoms with Crippen LogP contribution in [0.4, 0.5) is 0 Å². The quantitative estimate of drug-likeness (QED) is 0.627. The molecule has 0 atom stereocenters. The van der Waals surface area contributed by atoms with Crippen molar-refractivity contribution in [3.63, 3.8) is 0 Å². The molecule has 2 rings (SSSR count). The second-order valence-electron chi connectivity index (χ2n) is 4.43. The fraction of sp³-hybridized carbons (Fsp3) is 0.286. The molecule has 0 radical (unpaired) electrons. The maximum Gasteiger partial charge on any atom is 0.303 e. The molecule has 0 aliphatic carbocycles. The molecule has 2 N–H and O–H groups in total. The van der Waals surface area contributed by atoms with Crippen molar-refractivity contribution in [3.05, 3.63) is 43.8 Å². The van der Waals surface area contributed by atoms with Gasteiger partial charge in [-0.15, -0.1) is 0 Å². The van der Waals surface area contributed by atoms with Crippen LogP contribution in [0, 0.1) is 3.57 Å². The molecule has 100 valence electrons. The number of rotatable bonds is 5. The summed E-state index contributed by atoms with van der Waals surface area (Å²) in [6.45, 7) is 0. The van der Waals surface area contributed by atoms with Crippen LogP contribution in [0.3, 0.4) is 0 Å². The zero-order valence-electron chi connectivity index (χ0n) is 10.3. The SMILES string of the molecule is O=C(O)CCCCc1c[nH]c2ccc(I)cc2c1=O. The van der Waals surface area contributed by atoms with E-state index in [0.717, 1.165) is 14.7 Å². The van der Waals surface area contributed by atoms with Gasteiger partial charge in [0.1, 0.15) is 0 Å². The van der Waals surface area contributed by atoms with Gasteiger partial charge in [0.05, 0.1) is 0 Å². The molecule has 1 aromatic heterocycles. The summed E-state index contributed by atoms with van der Waals surface area (Å²) in [5.74, 6) is -0.790. The summed E-state index contributed by atoms with van der Waals surface area (Å²) in [4.78, 5) is 25.8. The summed E-state index contributed by atoms with van der Waals surface area (Å²) in [6.07, 6.45) is 3.82. The first-order valence-corrected chi connectivity index (χ1v) is 7.17. The summed E-state index contributed by atoms with van der Waals surface area (Å²) in [5.41, 5.74) is 1.60. The number of fused-ring (bicyclic) bond motifs is 1. The standard InChI is InChI=1S/C14H14INO3/c15-10-5-6-12-11(7-10)14(19)9(8-16-12)3-1-2-4-13(17)18/h5-8H,1-4H2,(H,16,19)(H,17,18). The number of hydrogen-bond donors (Lipinski definition) is 2. The molecule has 0 bridgehead atoms. The highest BCUT2D eigenvalue weighted by Gasteiger charge is 2.06. The molecule has 2 aromatic rings. The molecule has 0 spiro atoms. The molecule has 1 heterocycles. The van der Waals surface area contributed by atoms with Crippen molar-refractivity contribution < 1.29 is 9.90 Å². The first kappa shape index (κ1) is 14.0. The molecule has 0 saturated carbocycles. The van der Waals surface area contributed by atoms with Crippen LogP contribution in [0.25, 0.3) is 10.9 Å². The highest BCUT2D eigenvalue weighted by atomic mass is 127. The fourth-order valence-electron chi connectivity index (χ4n) is 2.01. The molecular weight excluding hydrogens is 357 g/mol. The molecule has 0 aliphatic rings. The number of unbranched alkanes of at least 4 members (excludes halogenated alkanes) is 1. The third kappa shape index (κ3) is 3.56. The third-order valence-corrected chi connectivity index (χ3v) is 3.68. The molecule has 0 unspecified atom stereocenters. The Morgan fingerprint density at radius 1 is 1.32 bits per heavy atom. The number of carboxylic acids is 1. The van der Waals surface area contributed by atoms with E-state index in [0.29, 0.717) is 24.6 Å². The first-order valence-electron chi connectivity index (χ1n) is 6.09. The Kier molecular flexibility index (Phi) is 4.57. The number of carboxylic acid groups (broad SMARTS) is 1. The van der Waals surface area contributed by atoms with Crippen LogP contribution in [-0.4, -0.2) is 16.1 Å². The minimum Gasteiger partial charge on any atom is -0.481 e. The predicted molar refractivity (Wildman–Crippen MR) is 82.5 cm³/mol. The van der Waals surface area contributed by atoms with Crippen LogP contribution in [0.1, 0.15) is 24.8 Å². The van der Waals surface area contributed by atoms with E-state index >= 15 is 0 Å². The number of carbonyl (C=O) groups is 1. The van der Waals surface area contributed by atoms with Crippen LogP contribution in [0.2, 0.25) is 0 Å². The van der Waals surface area contributed by atoms with Gasteiger partial charge in [0, 0.05) is 32.7 Å². The summed E-state index contributed by atoms with van der Waals surface area (Å²) in [5, 5.41) is 9.27. The van der Waals surface area contributed by atoms with Crippen molar-refractivity contribution in [2.24, 2.45) is 0 Å². The number of aliphatic carboxylic acids is 1. The van der Waals surface area contributed by atoms with Gasteiger partial charge in [-0.2, -0.15) is 0 Å². The van der Waals surface area contributed by atoms with E-state index in [9.17, 15) is 9.59 Å². The molecular formula is C14H14INO3. The predicted octanol–water partition coefficient (Wildman–Crippen LogP) is 2.93. The van der Waals surface area contributed by atoms with Gasteiger partial charge in [-0.1, -0.05) is 0 Å². The Morgan fingerprint density at radius 2 is 2.11 bits per heavy atom. The lowest BCUT2D eigenvalue weighted by Crippen LogP contribution is -2.10. The van der Waals surface area contributed by atoms with Crippen molar-refractivity contribution in [1.29, 1.82) is 0 Å². The van der Waals surface area contributed by atoms with E-state index in [4.69, 9.17) is 5.11 Å². The molecule has 0 fully saturated rings. The third-order valence-electron chi connectivity index (χ3n) is 3.01. The zero-order chi connectivity index (χ0) is 13.8. The maximum atomic E-state index is 12.3. The van der Waals surface area contributed by atoms with E-state index in [1.807, 2.05) is 18.2 Å². The number of nitrogens with one attached hydrogen (secondary N) is 1. The molecule has 0 aliphatic heterocycles. The highest BCUT2D eigenvalue weighted by molar-refractivity contribution is 14.1. The zero-order valence-corrected chi connectivity index (χ0v) is 12.4. The van der Waals surface area contributed by atoms with E-state index in [-0.39, 0.29) is 11.8 Å². The highest BCUT2D eigenvalue weighted by Crippen LogP contribution is 2.13. The van der Waals surface area contributed by atoms with Gasteiger partial charge in [-0.05, 0) is 60.1 Å². The number of aryl methyl sites for hydroxylation is 1. The van der Waals surface area contributed by atoms with Crippen LogP contribution < -0.4 is 5.43 Å². The van der Waals surface area contributed by atoms with Gasteiger partial charge in [0.15, 0.2) is 5.43 Å². The minimum atomic E-state index is -0.790. The van der Waals surface area contributed by atoms with Crippen molar-refractivity contribution in [2.75, 3.05) is 0 Å². The largest absolute Gasteiger partial charge is 0.481 e. The maximum absolute atomic E-state index is 12.3. The van der Waals surface area contributed by atoms with Gasteiger partial charge in [0.2, 0.25) is 0 Å². The van der Waals surface area contributed by atoms with Crippen molar-refractivity contribution in [3.8, 4) is 0 Å². The summed E-state index contributed by atoms with van der Waals surface area (Å²) in [6, 6.07) is 5.72. The van der Waals surface area contributed by atoms with E-state index in [1.165, 1.54) is 0 Å². The van der Waals surface area contributed by atoms with Crippen LogP contribution in [-0.2, 0) is 11.2 Å². The molecule has 5 heteroatoms. The van der Waals surface area contributed by atoms with Crippen molar-refractivity contribution >= 4 is 39.5 Å². The number of benzene rings is 1. The van der Waals surface area contributed by atoms with Gasteiger partial charge < -0.3 is 10.1 Å². The van der Waals surface area contributed by atoms with Gasteiger partial charge >= 0.3 is 5.97 Å². The fourth-order valence-corrected chi connectivity index (χ4v) is 2.50. The van der Waals surface area contributed by atoms with E-state index < -0.39 is 5.97 Å². The Labute approximate surface area is 124 Å². The van der Waals surface area contributed by atoms with Gasteiger partial charge in [-0.25, -0.2) is 0 Å². The smallest absolute Gasteiger partial charge is 0.303 e. The molecule has 4 nitrogen and oxygen atoms in total. The average Bonchev–Trinajstić information content (AvgIpc) is 2.37. The lowest BCUT2D eigenvalue weighted by molar-refractivity contribution is -0.137. The summed E-state index contributed by atoms with van der Waals surface area (Å²) >= 11 is 2.18. The second kappa shape index (κ2) is 6.18. The monoisotopic (exact) mass is 371 g/mol. The molecule has 19 heavy (non-hydrogen) atoms. The lowest BCUT2D eigenvalue weighted by Gasteiger charge is -2.03. The minimum absolute atomic E-state index is 0.0441. The Hall–Kier alpha value is -1.37. The first-order chi connectivity index (χ1) is 9.08. The van der Waals surface area contributed by atoms with Crippen LogP contribution in [0.15, 0.2) is 29.2 Å². The van der Waals surface area contributed by atoms with Gasteiger partial charge in [-0.3, -0.25) is 9.59 Å². The molecule has 0 saturated heterocycles. The van der Waals surface area contributed by atoms with E-state index in [2.05, 4.69) is 27.6 Å². The topological polar surface area (TPSA) is 70.2 Å². The molecule has 0 amide bonds. The number of aromatic nitrogens is 1. The van der Waals surface area contributed by atoms with Crippen LogP contribution in [0.5, 0.6) is 0 Å². The average molecular weight is 371 g/mol. The Morgan fingerprint density at radius 3 is 2.84 bits per heavy atom. The summed E-state index contributed by atoms with van der Waals surface area (Å²) < 4.78 is 1.03. The van der Waals surface area contributed by atoms with Crippen molar-refractivity contribution in [2.45, 2.75) is 25.7 Å². The number of hydrogen-bond acceptors (Lipinski definition) is 2. The summed E-state index contributed by atoms with van der Waals surface area (Å²) in [7, 11) is 0. The van der Waals surface area contributed by atoms with Gasteiger partial charge in [0.25, 0.3) is 0 Å². The number of pyridine rings is 1. The second-order valence-corrected chi connectivity index (χ2v) is 5.68. The Balaban J connectivity index is 2.18. The normalized spacial score (nSPS) is 10.8. The Bertz CT molecular complexity index is 663. The lowest BCUT2D eigenvalue weighted by atomic mass is 10.1. The number of aromatic amines is 1. The van der Waals surface area contributed by atoms with E-state index in [1.54, 1.807) is 6.20 Å². The van der Waals surface area contributed by atoms with Crippen LogP contribution >= 0.6 is 22.6 Å². The number of halogens is 1. The molecule has 1 aromatic carbocycles. The number of H-pyrrole nitrogens is 1.